The van der Waals surface area contributed by atoms with Gasteiger partial charge in [-0.2, -0.15) is 0 Å². The van der Waals surface area contributed by atoms with E-state index in [0.29, 0.717) is 5.91 Å². The lowest BCUT2D eigenvalue weighted by Crippen LogP contribution is -2.56. The number of hydrogen-bond donors (Lipinski definition) is 1. The molecule has 0 bridgehead atoms. The van der Waals surface area contributed by atoms with Crippen molar-refractivity contribution in [1.82, 2.24) is 15.2 Å². The largest absolute Gasteiger partial charge is 0.345 e. The van der Waals surface area contributed by atoms with Gasteiger partial charge in [0.2, 0.25) is 5.91 Å². The monoisotopic (exact) mass is 316 g/mol. The fourth-order valence-corrected chi connectivity index (χ4v) is 3.39. The number of nitrogens with zero attached hydrogens (tertiary/aromatic N) is 3. The first kappa shape index (κ1) is 15.5. The fraction of sp³-hybridized carbons (Fsp3) is 0.692. The van der Waals surface area contributed by atoms with Crippen LogP contribution in [0.3, 0.4) is 0 Å². The summed E-state index contributed by atoms with van der Waals surface area (Å²) in [5.74, 6) is 0.542. The van der Waals surface area contributed by atoms with Crippen LogP contribution in [0.2, 0.25) is 0 Å². The summed E-state index contributed by atoms with van der Waals surface area (Å²) in [7, 11) is 0. The lowest BCUT2D eigenvalue weighted by atomic mass is 10.0. The van der Waals surface area contributed by atoms with Gasteiger partial charge in [-0.05, 0) is 13.8 Å². The molecule has 1 amide bonds. The summed E-state index contributed by atoms with van der Waals surface area (Å²) in [6.45, 7) is 9.32. The van der Waals surface area contributed by atoms with Crippen LogP contribution in [-0.4, -0.2) is 55.1 Å². The second-order valence-electron chi connectivity index (χ2n) is 5.31. The van der Waals surface area contributed by atoms with Gasteiger partial charge in [-0.3, -0.25) is 4.79 Å². The smallest absolute Gasteiger partial charge is 0.228 e. The highest BCUT2D eigenvalue weighted by molar-refractivity contribution is 7.15. The Morgan fingerprint density at radius 2 is 1.90 bits per heavy atom. The molecule has 2 saturated heterocycles. The Bertz CT molecular complexity index is 461. The molecule has 2 fully saturated rings. The molecule has 1 aromatic heterocycles. The summed E-state index contributed by atoms with van der Waals surface area (Å²) in [5.41, 5.74) is 1.12. The SMILES string of the molecule is Cc1nc(N2CCN(C(=O)C3CNC3)CC2)sc1C.Cl. The molecule has 0 saturated carbocycles. The molecule has 1 N–H and O–H groups in total. The zero-order valence-corrected chi connectivity index (χ0v) is 13.5. The van der Waals surface area contributed by atoms with Gasteiger partial charge < -0.3 is 15.1 Å². The molecule has 20 heavy (non-hydrogen) atoms. The van der Waals surface area contributed by atoms with Crippen molar-refractivity contribution in [2.75, 3.05) is 44.2 Å². The highest BCUT2D eigenvalue weighted by Gasteiger charge is 2.31. The minimum Gasteiger partial charge on any atom is -0.345 e. The predicted octanol–water partition coefficient (Wildman–Crippen LogP) is 1.05. The molecule has 0 radical (unpaired) electrons. The van der Waals surface area contributed by atoms with E-state index in [4.69, 9.17) is 0 Å². The van der Waals surface area contributed by atoms with E-state index in [-0.39, 0.29) is 18.3 Å². The number of carbonyl (C=O) groups excluding carboxylic acids is 1. The number of aryl methyl sites for hydroxylation is 2. The van der Waals surface area contributed by atoms with Gasteiger partial charge in [0.1, 0.15) is 0 Å². The van der Waals surface area contributed by atoms with E-state index in [2.05, 4.69) is 29.0 Å². The van der Waals surface area contributed by atoms with Crippen molar-refractivity contribution in [3.63, 3.8) is 0 Å². The molecule has 5 nitrogen and oxygen atoms in total. The number of hydrogen-bond acceptors (Lipinski definition) is 5. The molecule has 1 aromatic rings. The van der Waals surface area contributed by atoms with Gasteiger partial charge in [0.05, 0.1) is 11.6 Å². The third-order valence-corrected chi connectivity index (χ3v) is 5.14. The zero-order valence-electron chi connectivity index (χ0n) is 11.9. The van der Waals surface area contributed by atoms with Crippen molar-refractivity contribution in [2.45, 2.75) is 13.8 Å². The first-order chi connectivity index (χ1) is 9.15. The molecule has 0 unspecified atom stereocenters. The van der Waals surface area contributed by atoms with E-state index in [1.807, 2.05) is 4.90 Å². The molecule has 7 heteroatoms. The number of nitrogens with one attached hydrogen (secondary N) is 1. The maximum atomic E-state index is 12.1. The van der Waals surface area contributed by atoms with Gasteiger partial charge in [-0.25, -0.2) is 4.98 Å². The molecule has 0 aromatic carbocycles. The molecule has 112 valence electrons. The highest BCUT2D eigenvalue weighted by atomic mass is 35.5. The number of anilines is 1. The second-order valence-corrected chi connectivity index (χ2v) is 6.49. The summed E-state index contributed by atoms with van der Waals surface area (Å²) < 4.78 is 0. The molecule has 3 heterocycles. The third-order valence-electron chi connectivity index (χ3n) is 4.01. The molecular weight excluding hydrogens is 296 g/mol. The van der Waals surface area contributed by atoms with Gasteiger partial charge in [-0.1, -0.05) is 0 Å². The van der Waals surface area contributed by atoms with Crippen LogP contribution in [0.25, 0.3) is 0 Å². The average molecular weight is 317 g/mol. The number of amides is 1. The van der Waals surface area contributed by atoms with E-state index in [1.54, 1.807) is 11.3 Å². The van der Waals surface area contributed by atoms with Gasteiger partial charge in [-0.15, -0.1) is 23.7 Å². The minimum absolute atomic E-state index is 0. The third kappa shape index (κ3) is 2.92. The number of aromatic nitrogens is 1. The number of thiazole rings is 1. The van der Waals surface area contributed by atoms with Crippen molar-refractivity contribution in [2.24, 2.45) is 5.92 Å². The summed E-state index contributed by atoms with van der Waals surface area (Å²) in [6.07, 6.45) is 0. The standard InChI is InChI=1S/C13H20N4OS.ClH/c1-9-10(2)19-13(15-9)17-5-3-16(4-6-17)12(18)11-7-14-8-11;/h11,14H,3-8H2,1-2H3;1H. The Kier molecular flexibility index (Phi) is 4.88. The highest BCUT2D eigenvalue weighted by Crippen LogP contribution is 2.26. The number of carbonyl (C=O) groups is 1. The minimum atomic E-state index is 0. The lowest BCUT2D eigenvalue weighted by Gasteiger charge is -2.38. The normalized spacial score (nSPS) is 19.5. The van der Waals surface area contributed by atoms with Crippen LogP contribution in [0.15, 0.2) is 0 Å². The Morgan fingerprint density at radius 3 is 2.35 bits per heavy atom. The van der Waals surface area contributed by atoms with Crippen molar-refractivity contribution in [3.8, 4) is 0 Å². The van der Waals surface area contributed by atoms with E-state index >= 15 is 0 Å². The average Bonchev–Trinajstić information content (AvgIpc) is 2.68. The van der Waals surface area contributed by atoms with Gasteiger partial charge in [0, 0.05) is 44.1 Å². The van der Waals surface area contributed by atoms with Crippen LogP contribution in [0, 0.1) is 19.8 Å². The topological polar surface area (TPSA) is 48.5 Å². The molecule has 0 aliphatic carbocycles. The molecule has 3 rings (SSSR count). The van der Waals surface area contributed by atoms with Crippen molar-refractivity contribution < 1.29 is 4.79 Å². The lowest BCUT2D eigenvalue weighted by molar-refractivity contribution is -0.137. The van der Waals surface area contributed by atoms with Crippen LogP contribution in [0.4, 0.5) is 5.13 Å². The number of halogens is 1. The second kappa shape index (κ2) is 6.28. The quantitative estimate of drug-likeness (QED) is 0.886. The summed E-state index contributed by atoms with van der Waals surface area (Å²) in [4.78, 5) is 22.3. The van der Waals surface area contributed by atoms with Crippen molar-refractivity contribution in [1.29, 1.82) is 0 Å². The fourth-order valence-electron chi connectivity index (χ4n) is 2.43. The first-order valence-corrected chi connectivity index (χ1v) is 7.65. The Labute approximate surface area is 129 Å². The van der Waals surface area contributed by atoms with E-state index in [0.717, 1.165) is 50.1 Å². The number of piperazine rings is 1. The van der Waals surface area contributed by atoms with Crippen molar-refractivity contribution in [3.05, 3.63) is 10.6 Å². The van der Waals surface area contributed by atoms with Crippen LogP contribution in [0.5, 0.6) is 0 Å². The van der Waals surface area contributed by atoms with Crippen LogP contribution in [0.1, 0.15) is 10.6 Å². The van der Waals surface area contributed by atoms with Gasteiger partial charge in [0.15, 0.2) is 5.13 Å². The van der Waals surface area contributed by atoms with E-state index in [1.165, 1.54) is 4.88 Å². The molecule has 2 aliphatic rings. The number of rotatable bonds is 2. The summed E-state index contributed by atoms with van der Waals surface area (Å²) in [6, 6.07) is 0. The predicted molar refractivity (Wildman–Crippen MR) is 84.0 cm³/mol. The maximum Gasteiger partial charge on any atom is 0.228 e. The summed E-state index contributed by atoms with van der Waals surface area (Å²) in [5, 5.41) is 4.26. The first-order valence-electron chi connectivity index (χ1n) is 6.83. The maximum absolute atomic E-state index is 12.1. The Balaban J connectivity index is 0.00000147. The molecule has 0 atom stereocenters. The van der Waals surface area contributed by atoms with E-state index in [9.17, 15) is 4.79 Å². The molecule has 2 aliphatic heterocycles. The Hall–Kier alpha value is -0.850. The van der Waals surface area contributed by atoms with Crippen LogP contribution < -0.4 is 10.2 Å². The van der Waals surface area contributed by atoms with Crippen molar-refractivity contribution >= 4 is 34.8 Å². The summed E-state index contributed by atoms with van der Waals surface area (Å²) >= 11 is 1.75. The Morgan fingerprint density at radius 1 is 1.25 bits per heavy atom. The van der Waals surface area contributed by atoms with Gasteiger partial charge in [0.25, 0.3) is 0 Å². The van der Waals surface area contributed by atoms with Crippen LogP contribution in [-0.2, 0) is 4.79 Å². The van der Waals surface area contributed by atoms with Gasteiger partial charge >= 0.3 is 0 Å². The molecule has 0 spiro atoms. The van der Waals surface area contributed by atoms with Crippen LogP contribution >= 0.6 is 23.7 Å². The van der Waals surface area contributed by atoms with E-state index < -0.39 is 0 Å². The zero-order chi connectivity index (χ0) is 13.4. The molecular formula is C13H21ClN4OS.